The Balaban J connectivity index is 2.95. The molecular formula is C13H18N2O2S2. The highest BCUT2D eigenvalue weighted by atomic mass is 32.2. The molecular weight excluding hydrogens is 280 g/mol. The van der Waals surface area contributed by atoms with Crippen molar-refractivity contribution in [3.8, 4) is 11.8 Å². The van der Waals surface area contributed by atoms with E-state index in [0.717, 1.165) is 5.75 Å². The van der Waals surface area contributed by atoms with Crippen molar-refractivity contribution in [3.05, 3.63) is 29.8 Å². The Morgan fingerprint density at radius 1 is 1.47 bits per heavy atom. The quantitative estimate of drug-likeness (QED) is 0.796. The molecule has 1 atom stereocenters. The maximum Gasteiger partial charge on any atom is 0.240 e. The Labute approximate surface area is 119 Å². The molecule has 0 amide bonds. The highest BCUT2D eigenvalue weighted by Gasteiger charge is 2.17. The average Bonchev–Trinajstić information content (AvgIpc) is 2.36. The molecule has 1 rings (SSSR count). The fraction of sp³-hybridized carbons (Fsp3) is 0.385. The lowest BCUT2D eigenvalue weighted by Gasteiger charge is -2.13. The number of nitrogens with two attached hydrogens (primary N) is 1. The fourth-order valence-electron chi connectivity index (χ4n) is 1.51. The fourth-order valence-corrected chi connectivity index (χ4v) is 3.49. The van der Waals surface area contributed by atoms with E-state index in [2.05, 4.69) is 16.6 Å². The Hall–Kier alpha value is -1.00. The largest absolute Gasteiger partial charge is 0.320 e. The molecule has 4 nitrogen and oxygen atoms in total. The molecule has 0 aliphatic heterocycles. The molecule has 0 bridgehead atoms. The van der Waals surface area contributed by atoms with Crippen molar-refractivity contribution >= 4 is 21.8 Å². The standard InChI is InChI=1S/C13H18N2O2S2/c1-11(10-18-2)15-19(16,17)13-7-3-5-12(9-13)6-4-8-14/h3,5,7,9,11,15H,8,10,14H2,1-2H3. The second kappa shape index (κ2) is 7.56. The van der Waals surface area contributed by atoms with Crippen LogP contribution in [0.1, 0.15) is 12.5 Å². The van der Waals surface area contributed by atoms with E-state index in [1.165, 1.54) is 0 Å². The van der Waals surface area contributed by atoms with E-state index in [0.29, 0.717) is 5.56 Å². The maximum atomic E-state index is 12.2. The van der Waals surface area contributed by atoms with E-state index >= 15 is 0 Å². The molecule has 0 radical (unpaired) electrons. The van der Waals surface area contributed by atoms with Crippen molar-refractivity contribution in [1.29, 1.82) is 0 Å². The van der Waals surface area contributed by atoms with Gasteiger partial charge in [0.2, 0.25) is 10.0 Å². The van der Waals surface area contributed by atoms with Gasteiger partial charge >= 0.3 is 0 Å². The lowest BCUT2D eigenvalue weighted by molar-refractivity contribution is 0.571. The van der Waals surface area contributed by atoms with Crippen LogP contribution in [-0.4, -0.2) is 33.0 Å². The summed E-state index contributed by atoms with van der Waals surface area (Å²) in [5.74, 6) is 6.26. The minimum atomic E-state index is -3.49. The summed E-state index contributed by atoms with van der Waals surface area (Å²) in [6.07, 6.45) is 1.94. The van der Waals surface area contributed by atoms with Crippen molar-refractivity contribution < 1.29 is 8.42 Å². The van der Waals surface area contributed by atoms with Crippen LogP contribution < -0.4 is 10.5 Å². The molecule has 0 heterocycles. The summed E-state index contributed by atoms with van der Waals surface area (Å²) in [6.45, 7) is 2.09. The van der Waals surface area contributed by atoms with E-state index < -0.39 is 10.0 Å². The van der Waals surface area contributed by atoms with Gasteiger partial charge in [0.1, 0.15) is 0 Å². The number of rotatable bonds is 5. The number of hydrogen-bond donors (Lipinski definition) is 2. The maximum absolute atomic E-state index is 12.2. The third kappa shape index (κ3) is 5.25. The first-order valence-electron chi connectivity index (χ1n) is 5.80. The van der Waals surface area contributed by atoms with Gasteiger partial charge in [0.25, 0.3) is 0 Å². The van der Waals surface area contributed by atoms with Crippen LogP contribution in [0.3, 0.4) is 0 Å². The summed E-state index contributed by atoms with van der Waals surface area (Å²) >= 11 is 1.60. The van der Waals surface area contributed by atoms with Crippen LogP contribution in [0.25, 0.3) is 0 Å². The Kier molecular flexibility index (Phi) is 6.38. The van der Waals surface area contributed by atoms with Crippen LogP contribution in [-0.2, 0) is 10.0 Å². The van der Waals surface area contributed by atoms with E-state index in [4.69, 9.17) is 5.73 Å². The van der Waals surface area contributed by atoms with Gasteiger partial charge in [-0.25, -0.2) is 13.1 Å². The zero-order valence-electron chi connectivity index (χ0n) is 11.0. The molecule has 1 aromatic carbocycles. The van der Waals surface area contributed by atoms with Crippen molar-refractivity contribution in [1.82, 2.24) is 4.72 Å². The topological polar surface area (TPSA) is 72.2 Å². The van der Waals surface area contributed by atoms with Crippen molar-refractivity contribution in [3.63, 3.8) is 0 Å². The number of sulfonamides is 1. The van der Waals surface area contributed by atoms with Gasteiger partial charge in [0.05, 0.1) is 11.4 Å². The molecule has 1 aromatic rings. The summed E-state index contributed by atoms with van der Waals surface area (Å²) in [7, 11) is -3.49. The van der Waals surface area contributed by atoms with Crippen LogP contribution in [0.5, 0.6) is 0 Å². The number of nitrogens with one attached hydrogen (secondary N) is 1. The Morgan fingerprint density at radius 2 is 2.21 bits per heavy atom. The van der Waals surface area contributed by atoms with Gasteiger partial charge in [-0.05, 0) is 31.4 Å². The van der Waals surface area contributed by atoms with Gasteiger partial charge < -0.3 is 5.73 Å². The van der Waals surface area contributed by atoms with E-state index in [1.54, 1.807) is 36.0 Å². The Morgan fingerprint density at radius 3 is 2.84 bits per heavy atom. The van der Waals surface area contributed by atoms with Gasteiger partial charge in [0, 0.05) is 17.4 Å². The van der Waals surface area contributed by atoms with Gasteiger partial charge in [-0.15, -0.1) is 0 Å². The lowest BCUT2D eigenvalue weighted by Crippen LogP contribution is -2.34. The van der Waals surface area contributed by atoms with Crippen LogP contribution in [0.2, 0.25) is 0 Å². The molecule has 0 spiro atoms. The zero-order valence-corrected chi connectivity index (χ0v) is 12.6. The smallest absolute Gasteiger partial charge is 0.240 e. The van der Waals surface area contributed by atoms with E-state index in [-0.39, 0.29) is 17.5 Å². The van der Waals surface area contributed by atoms with Crippen molar-refractivity contribution in [2.45, 2.75) is 17.9 Å². The Bertz CT molecular complexity index is 574. The van der Waals surface area contributed by atoms with E-state index in [9.17, 15) is 8.42 Å². The van der Waals surface area contributed by atoms with Crippen molar-refractivity contribution in [2.24, 2.45) is 5.73 Å². The summed E-state index contributed by atoms with van der Waals surface area (Å²) in [6, 6.07) is 6.43. The zero-order chi connectivity index (χ0) is 14.3. The number of benzene rings is 1. The minimum Gasteiger partial charge on any atom is -0.320 e. The minimum absolute atomic E-state index is 0.112. The molecule has 6 heteroatoms. The normalized spacial score (nSPS) is 12.6. The third-order valence-electron chi connectivity index (χ3n) is 2.25. The summed E-state index contributed by atoms with van der Waals surface area (Å²) < 4.78 is 26.9. The second-order valence-corrected chi connectivity index (χ2v) is 6.64. The predicted octanol–water partition coefficient (Wildman–Crippen LogP) is 1.03. The van der Waals surface area contributed by atoms with Crippen LogP contribution in [0, 0.1) is 11.8 Å². The average molecular weight is 298 g/mol. The molecule has 3 N–H and O–H groups in total. The molecule has 104 valence electrons. The predicted molar refractivity (Wildman–Crippen MR) is 80.5 cm³/mol. The summed E-state index contributed by atoms with van der Waals surface area (Å²) in [5, 5.41) is 0. The van der Waals surface area contributed by atoms with Gasteiger partial charge in [-0.1, -0.05) is 17.9 Å². The first-order chi connectivity index (χ1) is 8.99. The third-order valence-corrected chi connectivity index (χ3v) is 4.67. The molecule has 1 unspecified atom stereocenters. The highest BCUT2D eigenvalue weighted by molar-refractivity contribution is 7.98. The molecule has 19 heavy (non-hydrogen) atoms. The SMILES string of the molecule is CSCC(C)NS(=O)(=O)c1cccc(C#CCN)c1. The molecule has 0 aliphatic carbocycles. The molecule has 0 saturated carbocycles. The van der Waals surface area contributed by atoms with Gasteiger partial charge in [-0.3, -0.25) is 0 Å². The van der Waals surface area contributed by atoms with E-state index in [1.807, 2.05) is 13.2 Å². The van der Waals surface area contributed by atoms with Crippen LogP contribution in [0.15, 0.2) is 29.2 Å². The van der Waals surface area contributed by atoms with Crippen LogP contribution >= 0.6 is 11.8 Å². The van der Waals surface area contributed by atoms with Crippen molar-refractivity contribution in [2.75, 3.05) is 18.6 Å². The molecule has 0 saturated heterocycles. The number of hydrogen-bond acceptors (Lipinski definition) is 4. The van der Waals surface area contributed by atoms with Crippen LogP contribution in [0.4, 0.5) is 0 Å². The highest BCUT2D eigenvalue weighted by Crippen LogP contribution is 2.12. The first kappa shape index (κ1) is 16.1. The summed E-state index contributed by atoms with van der Waals surface area (Å²) in [5.41, 5.74) is 5.94. The monoisotopic (exact) mass is 298 g/mol. The first-order valence-corrected chi connectivity index (χ1v) is 8.67. The molecule has 0 aromatic heterocycles. The lowest BCUT2D eigenvalue weighted by atomic mass is 10.2. The second-order valence-electron chi connectivity index (χ2n) is 4.01. The number of thioether (sulfide) groups is 1. The molecule has 0 aliphatic rings. The summed E-state index contributed by atoms with van der Waals surface area (Å²) in [4.78, 5) is 0.226. The molecule has 0 fully saturated rings. The van der Waals surface area contributed by atoms with Gasteiger partial charge in [-0.2, -0.15) is 11.8 Å². The van der Waals surface area contributed by atoms with Gasteiger partial charge in [0.15, 0.2) is 0 Å².